The Labute approximate surface area is 126 Å². The van der Waals surface area contributed by atoms with Crippen LogP contribution in [0.2, 0.25) is 0 Å². The van der Waals surface area contributed by atoms with E-state index in [1.54, 1.807) is 37.3 Å². The number of halogens is 1. The zero-order chi connectivity index (χ0) is 16.1. The van der Waals surface area contributed by atoms with Crippen LogP contribution in [0.1, 0.15) is 6.92 Å². The van der Waals surface area contributed by atoms with Gasteiger partial charge in [0.25, 0.3) is 6.47 Å². The second-order valence-electron chi connectivity index (χ2n) is 4.55. The summed E-state index contributed by atoms with van der Waals surface area (Å²) in [7, 11) is 0. The quantitative estimate of drug-likeness (QED) is 0.367. The minimum atomic E-state index is -0.637. The molecule has 0 amide bonds. The van der Waals surface area contributed by atoms with Crippen molar-refractivity contribution >= 4 is 12.4 Å². The van der Waals surface area contributed by atoms with Crippen LogP contribution in [0.15, 0.2) is 54.6 Å². The molecular formula is C17H13FO4. The molecule has 0 aliphatic heterocycles. The molecule has 2 rings (SSSR count). The van der Waals surface area contributed by atoms with Crippen LogP contribution in [0.3, 0.4) is 0 Å². The Hall–Kier alpha value is -2.95. The van der Waals surface area contributed by atoms with E-state index in [1.807, 2.05) is 0 Å². The molecule has 0 unspecified atom stereocenters. The Kier molecular flexibility index (Phi) is 4.68. The third kappa shape index (κ3) is 3.58. The highest BCUT2D eigenvalue weighted by Gasteiger charge is 2.08. The lowest BCUT2D eigenvalue weighted by atomic mass is 10.1. The normalized spacial score (nSPS) is 9.91. The van der Waals surface area contributed by atoms with Crippen LogP contribution in [0.4, 0.5) is 4.39 Å². The fourth-order valence-corrected chi connectivity index (χ4v) is 1.74. The van der Waals surface area contributed by atoms with Crippen molar-refractivity contribution in [1.82, 2.24) is 0 Å². The van der Waals surface area contributed by atoms with E-state index in [2.05, 4.69) is 11.3 Å². The average Bonchev–Trinajstić information content (AvgIpc) is 2.50. The maximum Gasteiger partial charge on any atom is 0.338 e. The Bertz CT molecular complexity index is 720. The van der Waals surface area contributed by atoms with Crippen LogP contribution in [0.25, 0.3) is 11.1 Å². The molecule has 0 atom stereocenters. The van der Waals surface area contributed by atoms with E-state index in [-0.39, 0.29) is 12.2 Å². The lowest BCUT2D eigenvalue weighted by Gasteiger charge is -2.07. The minimum Gasteiger partial charge on any atom is -0.426 e. The van der Waals surface area contributed by atoms with Gasteiger partial charge in [0.05, 0.1) is 0 Å². The van der Waals surface area contributed by atoms with E-state index in [0.29, 0.717) is 16.9 Å². The van der Waals surface area contributed by atoms with E-state index in [4.69, 9.17) is 4.74 Å². The summed E-state index contributed by atoms with van der Waals surface area (Å²) in [6, 6.07) is 10.8. The number of ether oxygens (including phenoxy) is 2. The second kappa shape index (κ2) is 6.67. The summed E-state index contributed by atoms with van der Waals surface area (Å²) < 4.78 is 23.3. The number of carbonyl (C=O) groups is 2. The van der Waals surface area contributed by atoms with Crippen molar-refractivity contribution in [2.24, 2.45) is 0 Å². The highest BCUT2D eigenvalue weighted by Crippen LogP contribution is 2.27. The molecule has 4 nitrogen and oxygen atoms in total. The van der Waals surface area contributed by atoms with Gasteiger partial charge in [-0.2, -0.15) is 0 Å². The lowest BCUT2D eigenvalue weighted by Crippen LogP contribution is -2.07. The molecule has 2 aromatic carbocycles. The monoisotopic (exact) mass is 300 g/mol. The van der Waals surface area contributed by atoms with Crippen LogP contribution in [-0.4, -0.2) is 12.4 Å². The van der Waals surface area contributed by atoms with Crippen molar-refractivity contribution in [2.75, 3.05) is 0 Å². The summed E-state index contributed by atoms with van der Waals surface area (Å²) in [4.78, 5) is 21.6. The first-order valence-electron chi connectivity index (χ1n) is 6.39. The summed E-state index contributed by atoms with van der Waals surface area (Å²) in [5.41, 5.74) is 1.64. The zero-order valence-corrected chi connectivity index (χ0v) is 11.8. The largest absolute Gasteiger partial charge is 0.426 e. The van der Waals surface area contributed by atoms with Gasteiger partial charge in [-0.3, -0.25) is 4.79 Å². The van der Waals surface area contributed by atoms with Gasteiger partial charge in [0, 0.05) is 5.57 Å². The van der Waals surface area contributed by atoms with Crippen LogP contribution in [0, 0.1) is 5.82 Å². The van der Waals surface area contributed by atoms with Crippen molar-refractivity contribution in [1.29, 1.82) is 0 Å². The number of rotatable bonds is 5. The maximum atomic E-state index is 13.7. The summed E-state index contributed by atoms with van der Waals surface area (Å²) in [5, 5.41) is 0. The predicted octanol–water partition coefficient (Wildman–Crippen LogP) is 3.51. The highest BCUT2D eigenvalue weighted by atomic mass is 19.1. The average molecular weight is 300 g/mol. The molecule has 0 bridgehead atoms. The number of benzene rings is 2. The Balaban J connectivity index is 2.20. The molecule has 0 heterocycles. The van der Waals surface area contributed by atoms with E-state index >= 15 is 0 Å². The van der Waals surface area contributed by atoms with Crippen LogP contribution < -0.4 is 9.47 Å². The molecule has 0 fully saturated rings. The molecule has 0 spiro atoms. The fourth-order valence-electron chi connectivity index (χ4n) is 1.74. The lowest BCUT2D eigenvalue weighted by molar-refractivity contribution is -0.130. The molecule has 22 heavy (non-hydrogen) atoms. The van der Waals surface area contributed by atoms with Crippen LogP contribution >= 0.6 is 0 Å². The van der Waals surface area contributed by atoms with Crippen molar-refractivity contribution in [2.45, 2.75) is 6.92 Å². The van der Waals surface area contributed by atoms with Crippen LogP contribution in [-0.2, 0) is 9.59 Å². The van der Waals surface area contributed by atoms with E-state index in [9.17, 15) is 14.0 Å². The standard InChI is InChI=1S/C17H13FO4/c1-11(2)17(20)22-14-6-3-12(4-7-14)13-5-8-16(21-10-19)15(18)9-13/h3-10H,1H2,2H3. The number of hydrogen-bond donors (Lipinski definition) is 0. The van der Waals surface area contributed by atoms with E-state index < -0.39 is 11.8 Å². The first-order chi connectivity index (χ1) is 10.5. The molecule has 0 radical (unpaired) electrons. The van der Waals surface area contributed by atoms with Gasteiger partial charge >= 0.3 is 5.97 Å². The van der Waals surface area contributed by atoms with E-state index in [0.717, 1.165) is 5.56 Å². The molecule has 112 valence electrons. The Morgan fingerprint density at radius 3 is 2.32 bits per heavy atom. The van der Waals surface area contributed by atoms with Crippen molar-refractivity contribution in [3.8, 4) is 22.6 Å². The molecular weight excluding hydrogens is 287 g/mol. The van der Waals surface area contributed by atoms with Gasteiger partial charge in [0.2, 0.25) is 0 Å². The summed E-state index contributed by atoms with van der Waals surface area (Å²) in [6.07, 6.45) is 0. The van der Waals surface area contributed by atoms with E-state index in [1.165, 1.54) is 12.1 Å². The molecule has 5 heteroatoms. The van der Waals surface area contributed by atoms with Gasteiger partial charge < -0.3 is 9.47 Å². The second-order valence-corrected chi connectivity index (χ2v) is 4.55. The summed E-state index contributed by atoms with van der Waals surface area (Å²) >= 11 is 0. The number of esters is 1. The molecule has 0 saturated carbocycles. The van der Waals surface area contributed by atoms with Gasteiger partial charge in [-0.1, -0.05) is 24.8 Å². The Morgan fingerprint density at radius 1 is 1.14 bits per heavy atom. The molecule has 0 aliphatic carbocycles. The SMILES string of the molecule is C=C(C)C(=O)Oc1ccc(-c2ccc(OC=O)c(F)c2)cc1. The third-order valence-corrected chi connectivity index (χ3v) is 2.85. The summed E-state index contributed by atoms with van der Waals surface area (Å²) in [5.74, 6) is -0.902. The van der Waals surface area contributed by atoms with Gasteiger partial charge in [-0.05, 0) is 42.3 Å². The smallest absolute Gasteiger partial charge is 0.338 e. The minimum absolute atomic E-state index is 0.134. The maximum absolute atomic E-state index is 13.7. The Morgan fingerprint density at radius 2 is 1.77 bits per heavy atom. The topological polar surface area (TPSA) is 52.6 Å². The third-order valence-electron chi connectivity index (χ3n) is 2.85. The first-order valence-corrected chi connectivity index (χ1v) is 6.39. The van der Waals surface area contributed by atoms with Crippen molar-refractivity contribution < 1.29 is 23.5 Å². The van der Waals surface area contributed by atoms with Gasteiger partial charge in [-0.15, -0.1) is 0 Å². The van der Waals surface area contributed by atoms with Gasteiger partial charge in [0.15, 0.2) is 11.6 Å². The van der Waals surface area contributed by atoms with Gasteiger partial charge in [-0.25, -0.2) is 9.18 Å². The van der Waals surface area contributed by atoms with Crippen molar-refractivity contribution in [3.05, 3.63) is 60.4 Å². The highest BCUT2D eigenvalue weighted by molar-refractivity contribution is 5.88. The molecule has 0 aliphatic rings. The first kappa shape index (κ1) is 15.4. The predicted molar refractivity (Wildman–Crippen MR) is 79.0 cm³/mol. The van der Waals surface area contributed by atoms with Gasteiger partial charge in [0.1, 0.15) is 5.75 Å². The molecule has 0 aromatic heterocycles. The fraction of sp³-hybridized carbons (Fsp3) is 0.0588. The molecule has 0 N–H and O–H groups in total. The number of hydrogen-bond acceptors (Lipinski definition) is 4. The summed E-state index contributed by atoms with van der Waals surface area (Å²) in [6.45, 7) is 5.22. The molecule has 0 saturated heterocycles. The van der Waals surface area contributed by atoms with Crippen molar-refractivity contribution in [3.63, 3.8) is 0 Å². The zero-order valence-electron chi connectivity index (χ0n) is 11.8. The van der Waals surface area contributed by atoms with Crippen LogP contribution in [0.5, 0.6) is 11.5 Å². The number of carbonyl (C=O) groups excluding carboxylic acids is 2. The molecule has 2 aromatic rings.